The van der Waals surface area contributed by atoms with Crippen molar-refractivity contribution in [1.82, 2.24) is 5.32 Å². The molecule has 1 amide bonds. The van der Waals surface area contributed by atoms with Crippen LogP contribution in [-0.4, -0.2) is 23.5 Å². The second kappa shape index (κ2) is 6.35. The van der Waals surface area contributed by atoms with E-state index in [1.54, 1.807) is 0 Å². The summed E-state index contributed by atoms with van der Waals surface area (Å²) < 4.78 is 35.3. The van der Waals surface area contributed by atoms with Gasteiger partial charge in [-0.1, -0.05) is 29.8 Å². The van der Waals surface area contributed by atoms with Crippen molar-refractivity contribution in [2.24, 2.45) is 5.92 Å². The van der Waals surface area contributed by atoms with Gasteiger partial charge in [0.1, 0.15) is 0 Å². The average molecular weight is 290 g/mol. The van der Waals surface area contributed by atoms with Crippen molar-refractivity contribution in [2.45, 2.75) is 37.7 Å². The molecule has 90 valence electrons. The summed E-state index contributed by atoms with van der Waals surface area (Å²) in [5.74, 6) is -0.231. The molecule has 0 aliphatic carbocycles. The summed E-state index contributed by atoms with van der Waals surface area (Å²) in [6.07, 6.45) is -5.82. The second-order valence-corrected chi connectivity index (χ2v) is 4.86. The normalized spacial score (nSPS) is 14.1. The molecule has 0 aliphatic heterocycles. The molecule has 0 spiro atoms. The Bertz CT molecular complexity index is 206. The number of carbonyl (C=O) groups excluding carboxylic acids is 1. The van der Waals surface area contributed by atoms with Gasteiger partial charge in [-0.2, -0.15) is 13.2 Å². The summed E-state index contributed by atoms with van der Waals surface area (Å²) >= 11 is 3.32. The Morgan fingerprint density at radius 2 is 1.93 bits per heavy atom. The molecule has 0 radical (unpaired) electrons. The lowest BCUT2D eigenvalue weighted by molar-refractivity contribution is -0.144. The zero-order valence-electron chi connectivity index (χ0n) is 8.70. The smallest absolute Gasteiger partial charge is 0.355 e. The Balaban J connectivity index is 3.67. The number of hydrogen-bond acceptors (Lipinski definition) is 1. The minimum atomic E-state index is -4.26. The van der Waals surface area contributed by atoms with Gasteiger partial charge in [0, 0.05) is 17.8 Å². The Morgan fingerprint density at radius 3 is 2.33 bits per heavy atom. The van der Waals surface area contributed by atoms with Crippen LogP contribution in [0.5, 0.6) is 0 Å². The lowest BCUT2D eigenvalue weighted by atomic mass is 10.1. The van der Waals surface area contributed by atoms with Crippen LogP contribution >= 0.6 is 15.9 Å². The van der Waals surface area contributed by atoms with Crippen LogP contribution in [-0.2, 0) is 4.79 Å². The van der Waals surface area contributed by atoms with E-state index in [0.717, 1.165) is 0 Å². The zero-order valence-corrected chi connectivity index (χ0v) is 10.3. The molecule has 1 atom stereocenters. The predicted octanol–water partition coefficient (Wildman–Crippen LogP) is 2.86. The van der Waals surface area contributed by atoms with Gasteiger partial charge in [0.25, 0.3) is 0 Å². The number of rotatable bonds is 5. The molecule has 0 aliphatic rings. The largest absolute Gasteiger partial charge is 0.389 e. The summed E-state index contributed by atoms with van der Waals surface area (Å²) in [5, 5.41) is 2.45. The van der Waals surface area contributed by atoms with Gasteiger partial charge in [-0.3, -0.25) is 4.79 Å². The lowest BCUT2D eigenvalue weighted by Gasteiger charge is -2.14. The van der Waals surface area contributed by atoms with E-state index in [9.17, 15) is 18.0 Å². The Kier molecular flexibility index (Phi) is 6.24. The van der Waals surface area contributed by atoms with Crippen LogP contribution in [0.25, 0.3) is 0 Å². The third kappa shape index (κ3) is 8.72. The van der Waals surface area contributed by atoms with Crippen LogP contribution in [0.3, 0.4) is 0 Å². The Morgan fingerprint density at radius 1 is 1.40 bits per heavy atom. The van der Waals surface area contributed by atoms with E-state index in [1.807, 2.05) is 13.8 Å². The van der Waals surface area contributed by atoms with E-state index in [-0.39, 0.29) is 4.83 Å². The second-order valence-electron chi connectivity index (χ2n) is 3.68. The van der Waals surface area contributed by atoms with Crippen molar-refractivity contribution >= 4 is 21.8 Å². The van der Waals surface area contributed by atoms with Crippen molar-refractivity contribution in [3.63, 3.8) is 0 Å². The quantitative estimate of drug-likeness (QED) is 0.775. The number of carbonyl (C=O) groups is 1. The van der Waals surface area contributed by atoms with Gasteiger partial charge in [-0.05, 0) is 5.92 Å². The molecule has 2 nitrogen and oxygen atoms in total. The van der Waals surface area contributed by atoms with Gasteiger partial charge in [-0.25, -0.2) is 0 Å². The predicted molar refractivity (Wildman–Crippen MR) is 55.9 cm³/mol. The van der Waals surface area contributed by atoms with Gasteiger partial charge in [0.2, 0.25) is 5.91 Å². The Hall–Kier alpha value is -0.260. The summed E-state index contributed by atoms with van der Waals surface area (Å²) in [6, 6.07) is 0. The average Bonchev–Trinajstić information content (AvgIpc) is 2.09. The van der Waals surface area contributed by atoms with Gasteiger partial charge < -0.3 is 5.32 Å². The molecule has 0 fully saturated rings. The van der Waals surface area contributed by atoms with Crippen molar-refractivity contribution in [3.05, 3.63) is 0 Å². The first-order valence-electron chi connectivity index (χ1n) is 4.70. The molecule has 1 unspecified atom stereocenters. The number of amides is 1. The van der Waals surface area contributed by atoms with Crippen molar-refractivity contribution in [2.75, 3.05) is 6.54 Å². The Labute approximate surface area is 95.7 Å². The maximum absolute atomic E-state index is 11.8. The number of hydrogen-bond donors (Lipinski definition) is 1. The van der Waals surface area contributed by atoms with E-state index in [2.05, 4.69) is 21.2 Å². The van der Waals surface area contributed by atoms with Crippen LogP contribution in [0.15, 0.2) is 0 Å². The van der Waals surface area contributed by atoms with E-state index in [0.29, 0.717) is 12.5 Å². The third-order valence-corrected chi connectivity index (χ3v) is 3.23. The highest BCUT2D eigenvalue weighted by Gasteiger charge is 2.27. The molecule has 1 N–H and O–H groups in total. The molecular formula is C9H15BrF3NO. The van der Waals surface area contributed by atoms with Gasteiger partial charge in [0.15, 0.2) is 0 Å². The fraction of sp³-hybridized carbons (Fsp3) is 0.889. The summed E-state index contributed by atoms with van der Waals surface area (Å²) in [6.45, 7) is 4.27. The van der Waals surface area contributed by atoms with Crippen molar-refractivity contribution < 1.29 is 18.0 Å². The van der Waals surface area contributed by atoms with E-state index in [1.165, 1.54) is 0 Å². The standard InChI is InChI=1S/C9H15BrF3NO/c1-6(2)7(10)5-14-8(15)3-4-9(11,12)13/h6-7H,3-5H2,1-2H3,(H,14,15). The molecule has 0 saturated heterocycles. The van der Waals surface area contributed by atoms with Gasteiger partial charge >= 0.3 is 6.18 Å². The molecule has 0 rings (SSSR count). The highest BCUT2D eigenvalue weighted by atomic mass is 79.9. The molecule has 6 heteroatoms. The van der Waals surface area contributed by atoms with Crippen LogP contribution < -0.4 is 5.32 Å². The van der Waals surface area contributed by atoms with Crippen molar-refractivity contribution in [3.8, 4) is 0 Å². The van der Waals surface area contributed by atoms with Gasteiger partial charge in [-0.15, -0.1) is 0 Å². The molecule has 0 saturated carbocycles. The topological polar surface area (TPSA) is 29.1 Å². The minimum absolute atomic E-state index is 0.0901. The maximum atomic E-state index is 11.8. The summed E-state index contributed by atoms with van der Waals surface area (Å²) in [7, 11) is 0. The number of nitrogens with one attached hydrogen (secondary N) is 1. The highest BCUT2D eigenvalue weighted by molar-refractivity contribution is 9.09. The summed E-state index contributed by atoms with van der Waals surface area (Å²) in [4.78, 5) is 11.1. The molecule has 0 aromatic heterocycles. The maximum Gasteiger partial charge on any atom is 0.389 e. The van der Waals surface area contributed by atoms with E-state index < -0.39 is 24.9 Å². The van der Waals surface area contributed by atoms with Crippen LogP contribution in [0.4, 0.5) is 13.2 Å². The fourth-order valence-corrected chi connectivity index (χ4v) is 0.953. The van der Waals surface area contributed by atoms with E-state index >= 15 is 0 Å². The third-order valence-electron chi connectivity index (χ3n) is 1.85. The fourth-order valence-electron chi connectivity index (χ4n) is 0.791. The molecule has 15 heavy (non-hydrogen) atoms. The first kappa shape index (κ1) is 14.7. The van der Waals surface area contributed by atoms with Crippen LogP contribution in [0.2, 0.25) is 0 Å². The molecular weight excluding hydrogens is 275 g/mol. The summed E-state index contributed by atoms with van der Waals surface area (Å²) in [5.41, 5.74) is 0. The molecule has 0 bridgehead atoms. The van der Waals surface area contributed by atoms with E-state index in [4.69, 9.17) is 0 Å². The molecule has 0 aromatic rings. The van der Waals surface area contributed by atoms with Gasteiger partial charge in [0.05, 0.1) is 6.42 Å². The van der Waals surface area contributed by atoms with Crippen LogP contribution in [0.1, 0.15) is 26.7 Å². The number of alkyl halides is 4. The molecule has 0 aromatic carbocycles. The van der Waals surface area contributed by atoms with Crippen molar-refractivity contribution in [1.29, 1.82) is 0 Å². The first-order valence-corrected chi connectivity index (χ1v) is 5.61. The zero-order chi connectivity index (χ0) is 12.1. The SMILES string of the molecule is CC(C)C(Br)CNC(=O)CCC(F)(F)F. The van der Waals surface area contributed by atoms with Crippen LogP contribution in [0, 0.1) is 5.92 Å². The number of halogens is 4. The first-order chi connectivity index (χ1) is 6.72. The monoisotopic (exact) mass is 289 g/mol. The molecule has 0 heterocycles. The minimum Gasteiger partial charge on any atom is -0.355 e. The lowest BCUT2D eigenvalue weighted by Crippen LogP contribution is -2.32. The highest BCUT2D eigenvalue weighted by Crippen LogP contribution is 2.21.